The summed E-state index contributed by atoms with van der Waals surface area (Å²) in [6.45, 7) is 7.37. The van der Waals surface area contributed by atoms with Crippen molar-refractivity contribution in [3.05, 3.63) is 11.8 Å². The molecular formula is C19H30N2O8. The molecule has 1 amide bonds. The standard InChI is InChI=1S/C19H30N2O8/c1-11(22)20-15-12(21-5-7-26-8-6-21)9-13(18(24)25-4)28-17(15)16(23)14-10-27-19(2,3)29-14/h9,12,14-17,23H,5-8,10H2,1-4H3,(H,20,22)/t12-,14+,15+,16+,17+/m0/s1. The van der Waals surface area contributed by atoms with Gasteiger partial charge in [0.1, 0.15) is 18.3 Å². The van der Waals surface area contributed by atoms with Gasteiger partial charge in [0.05, 0.1) is 39.0 Å². The normalized spacial score (nSPS) is 33.3. The lowest BCUT2D eigenvalue weighted by Crippen LogP contribution is -2.64. The Morgan fingerprint density at radius 1 is 1.34 bits per heavy atom. The van der Waals surface area contributed by atoms with Crippen LogP contribution in [0, 0.1) is 0 Å². The number of aliphatic hydroxyl groups is 1. The molecule has 3 rings (SSSR count). The summed E-state index contributed by atoms with van der Waals surface area (Å²) in [6.07, 6.45) is -1.12. The van der Waals surface area contributed by atoms with E-state index in [1.165, 1.54) is 14.0 Å². The molecule has 2 saturated heterocycles. The third-order valence-electron chi connectivity index (χ3n) is 5.28. The smallest absolute Gasteiger partial charge is 0.373 e. The number of hydrogen-bond acceptors (Lipinski definition) is 9. The summed E-state index contributed by atoms with van der Waals surface area (Å²) in [5.41, 5.74) is 0. The molecule has 0 unspecified atom stereocenters. The maximum absolute atomic E-state index is 12.2. The second-order valence-electron chi connectivity index (χ2n) is 7.83. The second-order valence-corrected chi connectivity index (χ2v) is 7.83. The lowest BCUT2D eigenvalue weighted by molar-refractivity contribution is -0.171. The second kappa shape index (κ2) is 8.97. The molecule has 5 atom stereocenters. The number of aliphatic hydroxyl groups excluding tert-OH is 1. The zero-order chi connectivity index (χ0) is 21.2. The van der Waals surface area contributed by atoms with E-state index in [4.69, 9.17) is 23.7 Å². The SMILES string of the molecule is COC(=O)C1=C[C@H](N2CCOCC2)[C@@H](NC(C)=O)[C@H]([C@H](O)[C@H]2COC(C)(C)O2)O1. The Kier molecular flexibility index (Phi) is 6.79. The van der Waals surface area contributed by atoms with Gasteiger partial charge in [0.2, 0.25) is 11.7 Å². The summed E-state index contributed by atoms with van der Waals surface area (Å²) in [5.74, 6) is -1.76. The Morgan fingerprint density at radius 3 is 2.59 bits per heavy atom. The number of nitrogens with one attached hydrogen (secondary N) is 1. The Balaban J connectivity index is 1.92. The molecule has 0 aromatic heterocycles. The van der Waals surface area contributed by atoms with Gasteiger partial charge in [0, 0.05) is 20.0 Å². The number of ether oxygens (including phenoxy) is 5. The van der Waals surface area contributed by atoms with Gasteiger partial charge in [-0.2, -0.15) is 0 Å². The van der Waals surface area contributed by atoms with Crippen molar-refractivity contribution in [1.82, 2.24) is 10.2 Å². The van der Waals surface area contributed by atoms with E-state index >= 15 is 0 Å². The lowest BCUT2D eigenvalue weighted by atomic mass is 9.90. The molecule has 0 aromatic carbocycles. The fourth-order valence-corrected chi connectivity index (χ4v) is 3.92. The number of carbonyl (C=O) groups excluding carboxylic acids is 2. The average molecular weight is 414 g/mol. The molecule has 0 aliphatic carbocycles. The van der Waals surface area contributed by atoms with Crippen LogP contribution in [0.2, 0.25) is 0 Å². The fraction of sp³-hybridized carbons (Fsp3) is 0.789. The van der Waals surface area contributed by atoms with Crippen molar-refractivity contribution in [3.63, 3.8) is 0 Å². The van der Waals surface area contributed by atoms with Crippen LogP contribution in [0.4, 0.5) is 0 Å². The number of methoxy groups -OCH3 is 1. The van der Waals surface area contributed by atoms with Gasteiger partial charge >= 0.3 is 5.97 Å². The molecule has 3 aliphatic rings. The third-order valence-corrected chi connectivity index (χ3v) is 5.28. The Morgan fingerprint density at radius 2 is 2.03 bits per heavy atom. The molecule has 3 aliphatic heterocycles. The summed E-state index contributed by atoms with van der Waals surface area (Å²) in [4.78, 5) is 26.3. The molecule has 2 N–H and O–H groups in total. The topological polar surface area (TPSA) is 116 Å². The zero-order valence-corrected chi connectivity index (χ0v) is 17.3. The van der Waals surface area contributed by atoms with E-state index in [1.807, 2.05) is 0 Å². The van der Waals surface area contributed by atoms with E-state index in [2.05, 4.69) is 10.2 Å². The van der Waals surface area contributed by atoms with Crippen LogP contribution < -0.4 is 5.32 Å². The summed E-state index contributed by atoms with van der Waals surface area (Å²) in [6, 6.07) is -0.998. The third kappa shape index (κ3) is 5.07. The van der Waals surface area contributed by atoms with Gasteiger partial charge in [-0.3, -0.25) is 9.69 Å². The Labute approximate surface area is 170 Å². The molecule has 29 heavy (non-hydrogen) atoms. The first-order valence-electron chi connectivity index (χ1n) is 9.77. The summed E-state index contributed by atoms with van der Waals surface area (Å²) in [5, 5.41) is 14.0. The molecular weight excluding hydrogens is 384 g/mol. The number of rotatable bonds is 5. The summed E-state index contributed by atoms with van der Waals surface area (Å²) < 4.78 is 27.4. The number of nitrogens with zero attached hydrogens (tertiary/aromatic N) is 1. The molecule has 10 nitrogen and oxygen atoms in total. The van der Waals surface area contributed by atoms with Crippen molar-refractivity contribution in [3.8, 4) is 0 Å². The number of morpholine rings is 1. The van der Waals surface area contributed by atoms with Crippen LogP contribution in [0.1, 0.15) is 20.8 Å². The van der Waals surface area contributed by atoms with Crippen LogP contribution in [-0.2, 0) is 33.3 Å². The number of hydrogen-bond donors (Lipinski definition) is 2. The van der Waals surface area contributed by atoms with Crippen molar-refractivity contribution in [2.24, 2.45) is 0 Å². The molecule has 0 saturated carbocycles. The first-order chi connectivity index (χ1) is 13.7. The van der Waals surface area contributed by atoms with Crippen LogP contribution in [0.15, 0.2) is 11.8 Å². The predicted molar refractivity (Wildman–Crippen MR) is 99.7 cm³/mol. The van der Waals surface area contributed by atoms with Crippen LogP contribution in [-0.4, -0.2) is 98.1 Å². The van der Waals surface area contributed by atoms with Crippen LogP contribution in [0.25, 0.3) is 0 Å². The van der Waals surface area contributed by atoms with Gasteiger partial charge in [0.25, 0.3) is 0 Å². The van der Waals surface area contributed by atoms with Crippen LogP contribution in [0.3, 0.4) is 0 Å². The maximum atomic E-state index is 12.2. The van der Waals surface area contributed by atoms with E-state index in [9.17, 15) is 14.7 Å². The molecule has 2 fully saturated rings. The van der Waals surface area contributed by atoms with E-state index in [1.54, 1.807) is 19.9 Å². The highest BCUT2D eigenvalue weighted by Crippen LogP contribution is 2.31. The van der Waals surface area contributed by atoms with Crippen LogP contribution >= 0.6 is 0 Å². The van der Waals surface area contributed by atoms with Crippen molar-refractivity contribution in [2.45, 2.75) is 57.0 Å². The quantitative estimate of drug-likeness (QED) is 0.556. The van der Waals surface area contributed by atoms with Crippen molar-refractivity contribution >= 4 is 11.9 Å². The molecule has 3 heterocycles. The minimum Gasteiger partial charge on any atom is -0.478 e. The Bertz CT molecular complexity index is 646. The van der Waals surface area contributed by atoms with E-state index in [0.717, 1.165) is 0 Å². The fourth-order valence-electron chi connectivity index (χ4n) is 3.92. The summed E-state index contributed by atoms with van der Waals surface area (Å²) >= 11 is 0. The first kappa shape index (κ1) is 22.0. The predicted octanol–water partition coefficient (Wildman–Crippen LogP) is -0.840. The summed E-state index contributed by atoms with van der Waals surface area (Å²) in [7, 11) is 1.26. The number of amides is 1. The highest BCUT2D eigenvalue weighted by Gasteiger charge is 2.49. The largest absolute Gasteiger partial charge is 0.478 e. The Hall–Kier alpha value is -1.72. The van der Waals surface area contributed by atoms with Crippen molar-refractivity contribution in [2.75, 3.05) is 40.0 Å². The van der Waals surface area contributed by atoms with Gasteiger partial charge in [-0.05, 0) is 19.9 Å². The van der Waals surface area contributed by atoms with E-state index in [-0.39, 0.29) is 24.3 Å². The molecule has 0 aromatic rings. The van der Waals surface area contributed by atoms with Gasteiger partial charge in [-0.1, -0.05) is 0 Å². The zero-order valence-electron chi connectivity index (χ0n) is 17.3. The number of carbonyl (C=O) groups is 2. The number of esters is 1. The lowest BCUT2D eigenvalue weighted by Gasteiger charge is -2.45. The highest BCUT2D eigenvalue weighted by molar-refractivity contribution is 5.86. The van der Waals surface area contributed by atoms with Crippen LogP contribution in [0.5, 0.6) is 0 Å². The van der Waals surface area contributed by atoms with Gasteiger partial charge in [-0.15, -0.1) is 0 Å². The van der Waals surface area contributed by atoms with Gasteiger partial charge in [0.15, 0.2) is 5.79 Å². The average Bonchev–Trinajstić information content (AvgIpc) is 3.07. The molecule has 164 valence electrons. The minimum absolute atomic E-state index is 0.00665. The van der Waals surface area contributed by atoms with E-state index in [0.29, 0.717) is 26.3 Å². The molecule has 0 radical (unpaired) electrons. The van der Waals surface area contributed by atoms with Crippen molar-refractivity contribution in [1.29, 1.82) is 0 Å². The molecule has 0 spiro atoms. The minimum atomic E-state index is -1.15. The first-order valence-corrected chi connectivity index (χ1v) is 9.77. The van der Waals surface area contributed by atoms with Gasteiger partial charge in [-0.25, -0.2) is 4.79 Å². The highest BCUT2D eigenvalue weighted by atomic mass is 16.7. The monoisotopic (exact) mass is 414 g/mol. The molecule has 0 bridgehead atoms. The molecule has 10 heteroatoms. The van der Waals surface area contributed by atoms with Crippen molar-refractivity contribution < 1.29 is 38.4 Å². The maximum Gasteiger partial charge on any atom is 0.373 e. The van der Waals surface area contributed by atoms with Gasteiger partial charge < -0.3 is 34.1 Å². The van der Waals surface area contributed by atoms with E-state index < -0.39 is 36.1 Å².